The van der Waals surface area contributed by atoms with Crippen LogP contribution in [-0.4, -0.2) is 47.9 Å². The van der Waals surface area contributed by atoms with Gasteiger partial charge in [-0.3, -0.25) is 9.69 Å². The maximum absolute atomic E-state index is 13.2. The lowest BCUT2D eigenvalue weighted by atomic mass is 9.75. The van der Waals surface area contributed by atoms with Gasteiger partial charge in [-0.15, -0.1) is 0 Å². The smallest absolute Gasteiger partial charge is 0.227 e. The van der Waals surface area contributed by atoms with Crippen LogP contribution in [0.1, 0.15) is 50.2 Å². The molecule has 23 heavy (non-hydrogen) atoms. The molecular weight excluding hydrogens is 284 g/mol. The number of carbonyl (C=O) groups is 1. The van der Waals surface area contributed by atoms with Crippen LogP contribution in [0.5, 0.6) is 0 Å². The summed E-state index contributed by atoms with van der Waals surface area (Å²) in [6.07, 6.45) is 3.53. The molecule has 3 heteroatoms. The molecule has 0 aliphatic carbocycles. The SMILES string of the molecule is CCN(CC)C(=O)[C@H]1[C@@H](c2ccc(C)cc2)C[C@@H]2CC[C@H]1N2C. The Kier molecular flexibility index (Phi) is 4.77. The lowest BCUT2D eigenvalue weighted by Crippen LogP contribution is -2.52. The first-order valence-corrected chi connectivity index (χ1v) is 9.14. The molecule has 1 amide bonds. The van der Waals surface area contributed by atoms with Gasteiger partial charge in [0, 0.05) is 25.2 Å². The molecule has 0 unspecified atom stereocenters. The molecular formula is C20H30N2O. The van der Waals surface area contributed by atoms with Crippen LogP contribution in [0, 0.1) is 12.8 Å². The second kappa shape index (κ2) is 6.64. The van der Waals surface area contributed by atoms with Crippen LogP contribution in [0.4, 0.5) is 0 Å². The van der Waals surface area contributed by atoms with E-state index >= 15 is 0 Å². The van der Waals surface area contributed by atoms with Gasteiger partial charge < -0.3 is 4.90 Å². The summed E-state index contributed by atoms with van der Waals surface area (Å²) < 4.78 is 0. The molecule has 0 aromatic heterocycles. The van der Waals surface area contributed by atoms with Crippen LogP contribution in [0.15, 0.2) is 24.3 Å². The number of piperidine rings is 1. The van der Waals surface area contributed by atoms with Crippen LogP contribution in [0.3, 0.4) is 0 Å². The number of fused-ring (bicyclic) bond motifs is 2. The Morgan fingerprint density at radius 3 is 2.43 bits per heavy atom. The number of benzene rings is 1. The number of hydrogen-bond donors (Lipinski definition) is 0. The molecule has 126 valence electrons. The van der Waals surface area contributed by atoms with Crippen molar-refractivity contribution >= 4 is 5.91 Å². The molecule has 2 aliphatic rings. The molecule has 0 saturated carbocycles. The minimum absolute atomic E-state index is 0.112. The van der Waals surface area contributed by atoms with Gasteiger partial charge in [-0.2, -0.15) is 0 Å². The number of nitrogens with zero attached hydrogens (tertiary/aromatic N) is 2. The highest BCUT2D eigenvalue weighted by Gasteiger charge is 2.49. The van der Waals surface area contributed by atoms with Crippen molar-refractivity contribution in [1.82, 2.24) is 9.80 Å². The zero-order chi connectivity index (χ0) is 16.6. The van der Waals surface area contributed by atoms with Crippen molar-refractivity contribution in [2.75, 3.05) is 20.1 Å². The van der Waals surface area contributed by atoms with Crippen molar-refractivity contribution < 1.29 is 4.79 Å². The molecule has 2 bridgehead atoms. The normalized spacial score (nSPS) is 30.4. The molecule has 2 fully saturated rings. The Balaban J connectivity index is 1.95. The van der Waals surface area contributed by atoms with E-state index in [2.05, 4.69) is 57.0 Å². The predicted molar refractivity (Wildman–Crippen MR) is 94.5 cm³/mol. The highest BCUT2D eigenvalue weighted by Crippen LogP contribution is 2.46. The Hall–Kier alpha value is -1.35. The van der Waals surface area contributed by atoms with Crippen LogP contribution in [0.25, 0.3) is 0 Å². The molecule has 0 N–H and O–H groups in total. The second-order valence-electron chi connectivity index (χ2n) is 7.25. The molecule has 3 rings (SSSR count). The van der Waals surface area contributed by atoms with Crippen molar-refractivity contribution in [1.29, 1.82) is 0 Å². The molecule has 1 aromatic rings. The first-order valence-electron chi connectivity index (χ1n) is 9.14. The van der Waals surface area contributed by atoms with Gasteiger partial charge in [-0.1, -0.05) is 29.8 Å². The van der Waals surface area contributed by atoms with Gasteiger partial charge in [0.2, 0.25) is 5.91 Å². The third-order valence-corrected chi connectivity index (χ3v) is 6.13. The summed E-state index contributed by atoms with van der Waals surface area (Å²) >= 11 is 0. The molecule has 2 saturated heterocycles. The maximum Gasteiger partial charge on any atom is 0.227 e. The van der Waals surface area contributed by atoms with E-state index in [4.69, 9.17) is 0 Å². The van der Waals surface area contributed by atoms with E-state index in [0.29, 0.717) is 23.9 Å². The van der Waals surface area contributed by atoms with Gasteiger partial charge in [-0.05, 0) is 58.6 Å². The number of aryl methyl sites for hydroxylation is 1. The quantitative estimate of drug-likeness (QED) is 0.850. The van der Waals surface area contributed by atoms with Crippen molar-refractivity contribution in [3.8, 4) is 0 Å². The third-order valence-electron chi connectivity index (χ3n) is 6.13. The average molecular weight is 314 g/mol. The fourth-order valence-corrected chi connectivity index (χ4v) is 4.71. The van der Waals surface area contributed by atoms with Crippen LogP contribution in [0.2, 0.25) is 0 Å². The van der Waals surface area contributed by atoms with E-state index in [-0.39, 0.29) is 5.92 Å². The largest absolute Gasteiger partial charge is 0.343 e. The zero-order valence-electron chi connectivity index (χ0n) is 15.0. The van der Waals surface area contributed by atoms with E-state index in [1.54, 1.807) is 0 Å². The lowest BCUT2D eigenvalue weighted by Gasteiger charge is -2.44. The van der Waals surface area contributed by atoms with E-state index in [0.717, 1.165) is 19.5 Å². The Bertz CT molecular complexity index is 549. The van der Waals surface area contributed by atoms with Gasteiger partial charge in [0.25, 0.3) is 0 Å². The van der Waals surface area contributed by atoms with Crippen LogP contribution >= 0.6 is 0 Å². The monoisotopic (exact) mass is 314 g/mol. The van der Waals surface area contributed by atoms with Crippen LogP contribution in [-0.2, 0) is 4.79 Å². The minimum Gasteiger partial charge on any atom is -0.343 e. The number of amides is 1. The second-order valence-corrected chi connectivity index (χ2v) is 7.25. The summed E-state index contributed by atoms with van der Waals surface area (Å²) in [5.74, 6) is 0.844. The Morgan fingerprint density at radius 2 is 1.83 bits per heavy atom. The van der Waals surface area contributed by atoms with E-state index in [1.165, 1.54) is 24.0 Å². The van der Waals surface area contributed by atoms with E-state index in [1.807, 2.05) is 4.90 Å². The molecule has 0 radical (unpaired) electrons. The highest BCUT2D eigenvalue weighted by molar-refractivity contribution is 5.81. The molecule has 3 nitrogen and oxygen atoms in total. The third kappa shape index (κ3) is 2.91. The first kappa shape index (κ1) is 16.5. The van der Waals surface area contributed by atoms with Crippen molar-refractivity contribution in [3.05, 3.63) is 35.4 Å². The summed E-state index contributed by atoms with van der Waals surface area (Å²) in [6.45, 7) is 7.93. The van der Waals surface area contributed by atoms with Gasteiger partial charge in [-0.25, -0.2) is 0 Å². The van der Waals surface area contributed by atoms with Gasteiger partial charge in [0.15, 0.2) is 0 Å². The summed E-state index contributed by atoms with van der Waals surface area (Å²) in [6, 6.07) is 9.92. The molecule has 2 aliphatic heterocycles. The summed E-state index contributed by atoms with van der Waals surface area (Å²) in [7, 11) is 2.22. The average Bonchev–Trinajstić information content (AvgIpc) is 2.79. The minimum atomic E-state index is 0.112. The topological polar surface area (TPSA) is 23.6 Å². The lowest BCUT2D eigenvalue weighted by molar-refractivity contribution is -0.139. The van der Waals surface area contributed by atoms with Crippen molar-refractivity contribution in [3.63, 3.8) is 0 Å². The number of carbonyl (C=O) groups excluding carboxylic acids is 1. The molecule has 0 spiro atoms. The maximum atomic E-state index is 13.2. The van der Waals surface area contributed by atoms with E-state index < -0.39 is 0 Å². The number of rotatable bonds is 4. The highest BCUT2D eigenvalue weighted by atomic mass is 16.2. The van der Waals surface area contributed by atoms with E-state index in [9.17, 15) is 4.79 Å². The van der Waals surface area contributed by atoms with Crippen molar-refractivity contribution in [2.45, 2.75) is 58.0 Å². The molecule has 1 aromatic carbocycles. The fraction of sp³-hybridized carbons (Fsp3) is 0.650. The first-order chi connectivity index (χ1) is 11.1. The summed E-state index contributed by atoms with van der Waals surface area (Å²) in [4.78, 5) is 17.8. The van der Waals surface area contributed by atoms with Gasteiger partial charge in [0.1, 0.15) is 0 Å². The summed E-state index contributed by atoms with van der Waals surface area (Å²) in [5.41, 5.74) is 2.64. The number of hydrogen-bond acceptors (Lipinski definition) is 2. The zero-order valence-corrected chi connectivity index (χ0v) is 15.0. The van der Waals surface area contributed by atoms with Gasteiger partial charge in [0.05, 0.1) is 5.92 Å². The van der Waals surface area contributed by atoms with Crippen LogP contribution < -0.4 is 0 Å². The predicted octanol–water partition coefficient (Wildman–Crippen LogP) is 3.43. The molecule has 4 atom stereocenters. The fourth-order valence-electron chi connectivity index (χ4n) is 4.71. The molecule has 2 heterocycles. The summed E-state index contributed by atoms with van der Waals surface area (Å²) in [5, 5.41) is 0. The Morgan fingerprint density at radius 1 is 1.17 bits per heavy atom. The Labute approximate surface area is 140 Å². The standard InChI is InChI=1S/C20H30N2O/c1-5-22(6-2)20(23)19-17(15-9-7-14(3)8-10-15)13-16-11-12-18(19)21(16)4/h7-10,16-19H,5-6,11-13H2,1-4H3/t16-,17+,18+,19-/m0/s1. The van der Waals surface area contributed by atoms with Crippen molar-refractivity contribution in [2.24, 2.45) is 5.92 Å². The van der Waals surface area contributed by atoms with Gasteiger partial charge >= 0.3 is 0 Å².